The minimum atomic E-state index is 0.296. The Bertz CT molecular complexity index is 453. The van der Waals surface area contributed by atoms with Crippen LogP contribution in [0.15, 0.2) is 29.9 Å². The smallest absolute Gasteiger partial charge is 0.0797 e. The standard InChI is InChI=1S/C13H17N3S/c1-10(12-5-3-4-7-15-12)14-8-6-13-11(2)16-9-17-13/h3-5,7,9-10,14H,6,8H2,1-2H3. The molecule has 4 heteroatoms. The van der Waals surface area contributed by atoms with Crippen molar-refractivity contribution in [1.29, 1.82) is 0 Å². The van der Waals surface area contributed by atoms with Gasteiger partial charge in [0.05, 0.1) is 16.9 Å². The number of rotatable bonds is 5. The molecule has 0 saturated carbocycles. The summed E-state index contributed by atoms with van der Waals surface area (Å²) in [7, 11) is 0. The SMILES string of the molecule is Cc1ncsc1CCNC(C)c1ccccn1. The van der Waals surface area contributed by atoms with E-state index in [1.165, 1.54) is 4.88 Å². The fourth-order valence-electron chi connectivity index (χ4n) is 1.71. The number of pyridine rings is 1. The first-order chi connectivity index (χ1) is 8.27. The molecular formula is C13H17N3S. The Kier molecular flexibility index (Phi) is 4.23. The molecule has 2 aromatic rings. The maximum absolute atomic E-state index is 4.34. The average Bonchev–Trinajstić information content (AvgIpc) is 2.76. The summed E-state index contributed by atoms with van der Waals surface area (Å²) in [4.78, 5) is 9.96. The van der Waals surface area contributed by atoms with Crippen LogP contribution in [-0.2, 0) is 6.42 Å². The van der Waals surface area contributed by atoms with Crippen LogP contribution in [0.5, 0.6) is 0 Å². The van der Waals surface area contributed by atoms with Crippen molar-refractivity contribution in [2.45, 2.75) is 26.3 Å². The van der Waals surface area contributed by atoms with E-state index in [0.717, 1.165) is 24.4 Å². The molecule has 0 aliphatic heterocycles. The summed E-state index contributed by atoms with van der Waals surface area (Å²) < 4.78 is 0. The summed E-state index contributed by atoms with van der Waals surface area (Å²) in [5.41, 5.74) is 4.16. The van der Waals surface area contributed by atoms with Gasteiger partial charge in [-0.1, -0.05) is 6.07 Å². The molecule has 1 unspecified atom stereocenters. The molecule has 0 saturated heterocycles. The maximum Gasteiger partial charge on any atom is 0.0797 e. The molecule has 17 heavy (non-hydrogen) atoms. The van der Waals surface area contributed by atoms with E-state index in [9.17, 15) is 0 Å². The second kappa shape index (κ2) is 5.89. The minimum absolute atomic E-state index is 0.296. The van der Waals surface area contributed by atoms with Gasteiger partial charge in [-0.05, 0) is 32.4 Å². The molecule has 1 N–H and O–H groups in total. The van der Waals surface area contributed by atoms with Crippen LogP contribution in [0.2, 0.25) is 0 Å². The van der Waals surface area contributed by atoms with Crippen LogP contribution in [0.25, 0.3) is 0 Å². The Labute approximate surface area is 106 Å². The Morgan fingerprint density at radius 1 is 1.35 bits per heavy atom. The average molecular weight is 247 g/mol. The fourth-order valence-corrected chi connectivity index (χ4v) is 2.49. The zero-order valence-corrected chi connectivity index (χ0v) is 11.0. The van der Waals surface area contributed by atoms with Crippen LogP contribution in [0.3, 0.4) is 0 Å². The molecular weight excluding hydrogens is 230 g/mol. The Hall–Kier alpha value is -1.26. The third-order valence-corrected chi connectivity index (χ3v) is 3.77. The first-order valence-corrected chi connectivity index (χ1v) is 6.68. The minimum Gasteiger partial charge on any atom is -0.308 e. The van der Waals surface area contributed by atoms with Crippen molar-refractivity contribution >= 4 is 11.3 Å². The van der Waals surface area contributed by atoms with Crippen molar-refractivity contribution in [1.82, 2.24) is 15.3 Å². The van der Waals surface area contributed by atoms with Gasteiger partial charge in [-0.15, -0.1) is 11.3 Å². The van der Waals surface area contributed by atoms with Gasteiger partial charge in [-0.3, -0.25) is 4.98 Å². The molecule has 2 aromatic heterocycles. The van der Waals surface area contributed by atoms with E-state index >= 15 is 0 Å². The van der Waals surface area contributed by atoms with E-state index in [1.54, 1.807) is 11.3 Å². The molecule has 0 aliphatic carbocycles. The molecule has 2 rings (SSSR count). The second-order valence-electron chi connectivity index (χ2n) is 4.04. The molecule has 1 atom stereocenters. The zero-order chi connectivity index (χ0) is 12.1. The number of hydrogen-bond acceptors (Lipinski definition) is 4. The molecule has 0 fully saturated rings. The lowest BCUT2D eigenvalue weighted by molar-refractivity contribution is 0.565. The number of aromatic nitrogens is 2. The molecule has 0 aromatic carbocycles. The quantitative estimate of drug-likeness (QED) is 0.883. The summed E-state index contributed by atoms with van der Waals surface area (Å²) in [6.07, 6.45) is 2.87. The monoisotopic (exact) mass is 247 g/mol. The van der Waals surface area contributed by atoms with E-state index in [2.05, 4.69) is 35.2 Å². The van der Waals surface area contributed by atoms with Gasteiger partial charge in [0, 0.05) is 23.7 Å². The number of aryl methyl sites for hydroxylation is 1. The largest absolute Gasteiger partial charge is 0.308 e. The third-order valence-electron chi connectivity index (χ3n) is 2.78. The Balaban J connectivity index is 1.81. The first kappa shape index (κ1) is 12.2. The van der Waals surface area contributed by atoms with Crippen LogP contribution < -0.4 is 5.32 Å². The van der Waals surface area contributed by atoms with E-state index in [1.807, 2.05) is 23.8 Å². The molecule has 0 aliphatic rings. The highest BCUT2D eigenvalue weighted by Crippen LogP contribution is 2.13. The summed E-state index contributed by atoms with van der Waals surface area (Å²) >= 11 is 1.73. The Morgan fingerprint density at radius 2 is 2.24 bits per heavy atom. The van der Waals surface area contributed by atoms with Crippen molar-refractivity contribution in [3.05, 3.63) is 46.2 Å². The maximum atomic E-state index is 4.34. The summed E-state index contributed by atoms with van der Waals surface area (Å²) in [6.45, 7) is 5.16. The van der Waals surface area contributed by atoms with E-state index in [4.69, 9.17) is 0 Å². The van der Waals surface area contributed by atoms with Crippen LogP contribution in [0.1, 0.15) is 29.2 Å². The lowest BCUT2D eigenvalue weighted by Crippen LogP contribution is -2.22. The predicted molar refractivity (Wildman–Crippen MR) is 71.2 cm³/mol. The molecule has 0 radical (unpaired) electrons. The number of thiazole rings is 1. The topological polar surface area (TPSA) is 37.8 Å². The van der Waals surface area contributed by atoms with E-state index in [0.29, 0.717) is 6.04 Å². The highest BCUT2D eigenvalue weighted by molar-refractivity contribution is 7.09. The number of nitrogens with zero attached hydrogens (tertiary/aromatic N) is 2. The summed E-state index contributed by atoms with van der Waals surface area (Å²) in [5.74, 6) is 0. The molecule has 3 nitrogen and oxygen atoms in total. The lowest BCUT2D eigenvalue weighted by Gasteiger charge is -2.12. The molecule has 0 bridgehead atoms. The molecule has 0 spiro atoms. The van der Waals surface area contributed by atoms with Gasteiger partial charge >= 0.3 is 0 Å². The van der Waals surface area contributed by atoms with Gasteiger partial charge < -0.3 is 5.32 Å². The highest BCUT2D eigenvalue weighted by atomic mass is 32.1. The van der Waals surface area contributed by atoms with Gasteiger partial charge in [-0.25, -0.2) is 4.98 Å². The van der Waals surface area contributed by atoms with Crippen molar-refractivity contribution < 1.29 is 0 Å². The fraction of sp³-hybridized carbons (Fsp3) is 0.385. The van der Waals surface area contributed by atoms with Gasteiger partial charge in [0.15, 0.2) is 0 Å². The summed E-state index contributed by atoms with van der Waals surface area (Å²) in [5, 5.41) is 3.48. The predicted octanol–water partition coefficient (Wildman–Crippen LogP) is 2.74. The second-order valence-corrected chi connectivity index (χ2v) is 4.98. The normalized spacial score (nSPS) is 12.6. The molecule has 2 heterocycles. The Morgan fingerprint density at radius 3 is 2.88 bits per heavy atom. The van der Waals surface area contributed by atoms with Gasteiger partial charge in [0.1, 0.15) is 0 Å². The van der Waals surface area contributed by atoms with Crippen molar-refractivity contribution in [2.24, 2.45) is 0 Å². The third kappa shape index (κ3) is 3.35. The van der Waals surface area contributed by atoms with Crippen molar-refractivity contribution in [3.8, 4) is 0 Å². The van der Waals surface area contributed by atoms with Crippen molar-refractivity contribution in [2.75, 3.05) is 6.54 Å². The van der Waals surface area contributed by atoms with Gasteiger partial charge in [-0.2, -0.15) is 0 Å². The highest BCUT2D eigenvalue weighted by Gasteiger charge is 2.06. The van der Waals surface area contributed by atoms with Crippen LogP contribution in [-0.4, -0.2) is 16.5 Å². The lowest BCUT2D eigenvalue weighted by atomic mass is 10.2. The van der Waals surface area contributed by atoms with Crippen LogP contribution in [0, 0.1) is 6.92 Å². The van der Waals surface area contributed by atoms with Crippen molar-refractivity contribution in [3.63, 3.8) is 0 Å². The zero-order valence-electron chi connectivity index (χ0n) is 10.2. The summed E-state index contributed by atoms with van der Waals surface area (Å²) in [6, 6.07) is 6.31. The van der Waals surface area contributed by atoms with Gasteiger partial charge in [0.25, 0.3) is 0 Å². The molecule has 0 amide bonds. The number of hydrogen-bond donors (Lipinski definition) is 1. The molecule has 90 valence electrons. The van der Waals surface area contributed by atoms with E-state index < -0.39 is 0 Å². The number of nitrogens with one attached hydrogen (secondary N) is 1. The van der Waals surface area contributed by atoms with Crippen LogP contribution >= 0.6 is 11.3 Å². The van der Waals surface area contributed by atoms with Crippen LogP contribution in [0.4, 0.5) is 0 Å². The van der Waals surface area contributed by atoms with E-state index in [-0.39, 0.29) is 0 Å². The van der Waals surface area contributed by atoms with Gasteiger partial charge in [0.2, 0.25) is 0 Å². The first-order valence-electron chi connectivity index (χ1n) is 5.80.